The van der Waals surface area contributed by atoms with Gasteiger partial charge < -0.3 is 10.1 Å². The predicted octanol–water partition coefficient (Wildman–Crippen LogP) is 4.79. The van der Waals surface area contributed by atoms with Crippen LogP contribution in [0.5, 0.6) is 5.75 Å². The van der Waals surface area contributed by atoms with E-state index in [2.05, 4.69) is 72.5 Å². The van der Waals surface area contributed by atoms with Crippen molar-refractivity contribution in [2.24, 2.45) is 0 Å². The van der Waals surface area contributed by atoms with Crippen LogP contribution in [0.2, 0.25) is 0 Å². The maximum Gasteiger partial charge on any atom is 0.124 e. The van der Waals surface area contributed by atoms with Gasteiger partial charge in [-0.3, -0.25) is 9.88 Å². The molecule has 0 aliphatic carbocycles. The van der Waals surface area contributed by atoms with Gasteiger partial charge >= 0.3 is 0 Å². The van der Waals surface area contributed by atoms with E-state index in [-0.39, 0.29) is 0 Å². The molecule has 0 radical (unpaired) electrons. The molecule has 0 aliphatic rings. The molecule has 152 valence electrons. The quantitative estimate of drug-likeness (QED) is 0.541. The topological polar surface area (TPSA) is 37.4 Å². The smallest absolute Gasteiger partial charge is 0.124 e. The molecule has 0 atom stereocenters. The first-order chi connectivity index (χ1) is 14.1. The first-order valence-electron chi connectivity index (χ1n) is 10.2. The van der Waals surface area contributed by atoms with Crippen LogP contribution in [0.4, 0.5) is 0 Å². The van der Waals surface area contributed by atoms with Crippen LogP contribution in [0.25, 0.3) is 0 Å². The van der Waals surface area contributed by atoms with E-state index in [1.807, 2.05) is 30.5 Å². The Balaban J connectivity index is 1.54. The van der Waals surface area contributed by atoms with Gasteiger partial charge in [0.25, 0.3) is 0 Å². The number of ether oxygens (including phenoxy) is 1. The van der Waals surface area contributed by atoms with E-state index in [0.29, 0.717) is 12.6 Å². The number of benzene rings is 2. The van der Waals surface area contributed by atoms with E-state index >= 15 is 0 Å². The Kier molecular flexibility index (Phi) is 7.79. The number of nitrogens with zero attached hydrogens (tertiary/aromatic N) is 2. The van der Waals surface area contributed by atoms with Gasteiger partial charge in [-0.25, -0.2) is 0 Å². The fraction of sp³-hybridized carbons (Fsp3) is 0.320. The van der Waals surface area contributed by atoms with Crippen molar-refractivity contribution < 1.29 is 4.74 Å². The molecule has 1 heterocycles. The van der Waals surface area contributed by atoms with Crippen LogP contribution in [-0.4, -0.2) is 23.0 Å². The third-order valence-corrected chi connectivity index (χ3v) is 5.04. The number of hydrogen-bond acceptors (Lipinski definition) is 4. The van der Waals surface area contributed by atoms with E-state index in [1.54, 1.807) is 6.20 Å². The highest BCUT2D eigenvalue weighted by molar-refractivity contribution is 5.33. The molecule has 0 fully saturated rings. The van der Waals surface area contributed by atoms with Gasteiger partial charge in [-0.1, -0.05) is 48.5 Å². The van der Waals surface area contributed by atoms with Crippen molar-refractivity contribution in [3.05, 3.63) is 95.3 Å². The third kappa shape index (κ3) is 6.70. The van der Waals surface area contributed by atoms with Gasteiger partial charge in [0, 0.05) is 49.2 Å². The standard InChI is InChI=1S/C25H31N3O/c1-20(2)28(3)18-22-9-6-8-21(14-22)15-27-17-24-11-4-5-12-25(24)29-19-23-10-7-13-26-16-23/h4-14,16,20,27H,15,17-19H2,1-3H3. The van der Waals surface area contributed by atoms with E-state index < -0.39 is 0 Å². The number of pyridine rings is 1. The maximum absolute atomic E-state index is 6.03. The first-order valence-corrected chi connectivity index (χ1v) is 10.2. The van der Waals surface area contributed by atoms with Gasteiger partial charge in [-0.15, -0.1) is 0 Å². The summed E-state index contributed by atoms with van der Waals surface area (Å²) >= 11 is 0. The van der Waals surface area contributed by atoms with Crippen molar-refractivity contribution in [1.82, 2.24) is 15.2 Å². The van der Waals surface area contributed by atoms with Gasteiger partial charge in [0.2, 0.25) is 0 Å². The van der Waals surface area contributed by atoms with Crippen LogP contribution in [-0.2, 0) is 26.2 Å². The van der Waals surface area contributed by atoms with Gasteiger partial charge in [-0.05, 0) is 44.2 Å². The molecule has 0 saturated heterocycles. The van der Waals surface area contributed by atoms with Crippen LogP contribution in [0, 0.1) is 0 Å². The summed E-state index contributed by atoms with van der Waals surface area (Å²) < 4.78 is 6.03. The predicted molar refractivity (Wildman–Crippen MR) is 119 cm³/mol. The van der Waals surface area contributed by atoms with Crippen molar-refractivity contribution in [2.75, 3.05) is 7.05 Å². The van der Waals surface area contributed by atoms with Crippen molar-refractivity contribution in [3.63, 3.8) is 0 Å². The minimum atomic E-state index is 0.524. The molecule has 0 spiro atoms. The molecule has 0 bridgehead atoms. The molecule has 29 heavy (non-hydrogen) atoms. The lowest BCUT2D eigenvalue weighted by molar-refractivity contribution is 0.266. The van der Waals surface area contributed by atoms with Crippen LogP contribution in [0.15, 0.2) is 73.1 Å². The van der Waals surface area contributed by atoms with Crippen molar-refractivity contribution in [2.45, 2.75) is 46.1 Å². The first kappa shape index (κ1) is 21.0. The molecule has 0 unspecified atom stereocenters. The van der Waals surface area contributed by atoms with Crippen LogP contribution >= 0.6 is 0 Å². The Bertz CT molecular complexity index is 880. The highest BCUT2D eigenvalue weighted by Gasteiger charge is 2.06. The average molecular weight is 390 g/mol. The summed E-state index contributed by atoms with van der Waals surface area (Å²) in [6, 6.07) is 21.5. The zero-order valence-electron chi connectivity index (χ0n) is 17.6. The second-order valence-electron chi connectivity index (χ2n) is 7.69. The molecule has 4 nitrogen and oxygen atoms in total. The van der Waals surface area contributed by atoms with Crippen molar-refractivity contribution >= 4 is 0 Å². The molecule has 0 amide bonds. The lowest BCUT2D eigenvalue weighted by Crippen LogP contribution is -2.25. The average Bonchev–Trinajstić information content (AvgIpc) is 2.74. The summed E-state index contributed by atoms with van der Waals surface area (Å²) in [5.74, 6) is 0.913. The molecular weight excluding hydrogens is 358 g/mol. The van der Waals surface area contributed by atoms with E-state index in [1.165, 1.54) is 11.1 Å². The highest BCUT2D eigenvalue weighted by Crippen LogP contribution is 2.19. The summed E-state index contributed by atoms with van der Waals surface area (Å²) in [4.78, 5) is 6.49. The normalized spacial score (nSPS) is 11.2. The number of para-hydroxylation sites is 1. The summed E-state index contributed by atoms with van der Waals surface area (Å²) in [7, 11) is 2.16. The molecule has 0 aliphatic heterocycles. The Labute approximate surface area is 174 Å². The summed E-state index contributed by atoms with van der Waals surface area (Å²) in [6.07, 6.45) is 3.61. The zero-order valence-corrected chi connectivity index (χ0v) is 17.6. The van der Waals surface area contributed by atoms with Gasteiger partial charge in [0.15, 0.2) is 0 Å². The number of aromatic nitrogens is 1. The molecule has 2 aromatic carbocycles. The van der Waals surface area contributed by atoms with E-state index in [0.717, 1.165) is 36.5 Å². The van der Waals surface area contributed by atoms with Gasteiger partial charge in [-0.2, -0.15) is 0 Å². The second-order valence-corrected chi connectivity index (χ2v) is 7.69. The Morgan fingerprint density at radius 3 is 2.52 bits per heavy atom. The SMILES string of the molecule is CC(C)N(C)Cc1cccc(CNCc2ccccc2OCc2cccnc2)c1. The molecule has 0 saturated carbocycles. The fourth-order valence-corrected chi connectivity index (χ4v) is 3.09. The third-order valence-electron chi connectivity index (χ3n) is 5.04. The molecular formula is C25H31N3O. The van der Waals surface area contributed by atoms with Crippen LogP contribution < -0.4 is 10.1 Å². The van der Waals surface area contributed by atoms with Gasteiger partial charge in [0.05, 0.1) is 0 Å². The Morgan fingerprint density at radius 2 is 1.72 bits per heavy atom. The Hall–Kier alpha value is -2.69. The maximum atomic E-state index is 6.03. The Morgan fingerprint density at radius 1 is 0.931 bits per heavy atom. The van der Waals surface area contributed by atoms with Crippen molar-refractivity contribution in [3.8, 4) is 5.75 Å². The highest BCUT2D eigenvalue weighted by atomic mass is 16.5. The summed E-state index contributed by atoms with van der Waals surface area (Å²) in [5, 5.41) is 3.55. The summed E-state index contributed by atoms with van der Waals surface area (Å²) in [5.41, 5.74) is 4.87. The lowest BCUT2D eigenvalue weighted by Gasteiger charge is -2.21. The minimum Gasteiger partial charge on any atom is -0.489 e. The molecule has 3 rings (SSSR count). The molecule has 3 aromatic rings. The molecule has 1 N–H and O–H groups in total. The lowest BCUT2D eigenvalue weighted by atomic mass is 10.1. The van der Waals surface area contributed by atoms with Gasteiger partial charge in [0.1, 0.15) is 12.4 Å². The number of hydrogen-bond donors (Lipinski definition) is 1. The van der Waals surface area contributed by atoms with Crippen LogP contribution in [0.1, 0.15) is 36.1 Å². The number of rotatable bonds is 10. The van der Waals surface area contributed by atoms with Crippen LogP contribution in [0.3, 0.4) is 0 Å². The fourth-order valence-electron chi connectivity index (χ4n) is 3.09. The summed E-state index contributed by atoms with van der Waals surface area (Å²) in [6.45, 7) is 7.53. The second kappa shape index (κ2) is 10.7. The number of nitrogens with one attached hydrogen (secondary N) is 1. The minimum absolute atomic E-state index is 0.524. The largest absolute Gasteiger partial charge is 0.489 e. The van der Waals surface area contributed by atoms with Crippen molar-refractivity contribution in [1.29, 1.82) is 0 Å². The monoisotopic (exact) mass is 389 g/mol. The van der Waals surface area contributed by atoms with E-state index in [9.17, 15) is 0 Å². The molecule has 1 aromatic heterocycles. The van der Waals surface area contributed by atoms with E-state index in [4.69, 9.17) is 4.74 Å². The molecule has 4 heteroatoms. The zero-order chi connectivity index (χ0) is 20.5.